The van der Waals surface area contributed by atoms with Crippen molar-refractivity contribution in [3.8, 4) is 11.1 Å². The average molecular weight is 336 g/mol. The normalized spacial score (nSPS) is 26.1. The monoisotopic (exact) mass is 336 g/mol. The van der Waals surface area contributed by atoms with Crippen LogP contribution in [0.25, 0.3) is 11.1 Å². The summed E-state index contributed by atoms with van der Waals surface area (Å²) in [4.78, 5) is 27.0. The molecule has 0 aliphatic heterocycles. The van der Waals surface area contributed by atoms with Crippen LogP contribution < -0.4 is 0 Å². The van der Waals surface area contributed by atoms with Gasteiger partial charge in [0.05, 0.1) is 11.3 Å². The Morgan fingerprint density at radius 2 is 1.12 bits per heavy atom. The van der Waals surface area contributed by atoms with Crippen LogP contribution in [0.2, 0.25) is 0 Å². The first-order valence-electron chi connectivity index (χ1n) is 9.01. The third-order valence-corrected chi connectivity index (χ3v) is 6.91. The van der Waals surface area contributed by atoms with E-state index in [2.05, 4.69) is 24.3 Å². The van der Waals surface area contributed by atoms with E-state index in [0.717, 1.165) is 22.3 Å². The molecule has 2 heteroatoms. The second-order valence-corrected chi connectivity index (χ2v) is 7.77. The van der Waals surface area contributed by atoms with Gasteiger partial charge in [0.15, 0.2) is 11.6 Å². The van der Waals surface area contributed by atoms with Gasteiger partial charge in [-0.25, -0.2) is 0 Å². The minimum atomic E-state index is -0.707. The van der Waals surface area contributed by atoms with E-state index in [0.29, 0.717) is 11.1 Å². The van der Waals surface area contributed by atoms with Gasteiger partial charge in [-0.3, -0.25) is 9.59 Å². The molecule has 124 valence electrons. The predicted molar refractivity (Wildman–Crippen MR) is 99.4 cm³/mol. The van der Waals surface area contributed by atoms with Gasteiger partial charge in [0.1, 0.15) is 0 Å². The Balaban J connectivity index is 1.72. The van der Waals surface area contributed by atoms with Crippen molar-refractivity contribution in [2.75, 3.05) is 0 Å². The lowest BCUT2D eigenvalue weighted by Gasteiger charge is -2.20. The number of Topliss-reactive ketones (excluding diaryl/α,β-unsaturated/α-hetero) is 2. The fraction of sp³-hybridized carbons (Fsp3) is 0.167. The average Bonchev–Trinajstić information content (AvgIpc) is 3.15. The molecule has 0 N–H and O–H groups in total. The van der Waals surface area contributed by atoms with Crippen LogP contribution in [0.15, 0.2) is 72.8 Å². The molecule has 0 saturated heterocycles. The van der Waals surface area contributed by atoms with E-state index < -0.39 is 10.8 Å². The molecule has 1 saturated carbocycles. The van der Waals surface area contributed by atoms with Crippen LogP contribution in [0.5, 0.6) is 0 Å². The van der Waals surface area contributed by atoms with Crippen molar-refractivity contribution >= 4 is 11.6 Å². The first-order chi connectivity index (χ1) is 12.6. The summed E-state index contributed by atoms with van der Waals surface area (Å²) >= 11 is 0. The number of benzene rings is 3. The van der Waals surface area contributed by atoms with Gasteiger partial charge in [0.25, 0.3) is 0 Å². The van der Waals surface area contributed by atoms with E-state index in [1.165, 1.54) is 0 Å². The summed E-state index contributed by atoms with van der Waals surface area (Å²) in [6.07, 6.45) is 0. The van der Waals surface area contributed by atoms with E-state index in [-0.39, 0.29) is 17.5 Å². The molecule has 3 aliphatic carbocycles. The van der Waals surface area contributed by atoms with E-state index >= 15 is 0 Å². The van der Waals surface area contributed by atoms with Crippen molar-refractivity contribution in [2.45, 2.75) is 12.3 Å². The van der Waals surface area contributed by atoms with Gasteiger partial charge < -0.3 is 0 Å². The van der Waals surface area contributed by atoms with Gasteiger partial charge in [-0.1, -0.05) is 79.7 Å². The molecular formula is C24H16O2. The van der Waals surface area contributed by atoms with Gasteiger partial charge in [-0.05, 0) is 22.3 Å². The molecule has 26 heavy (non-hydrogen) atoms. The van der Waals surface area contributed by atoms with Crippen molar-refractivity contribution < 1.29 is 9.59 Å². The van der Waals surface area contributed by atoms with Crippen LogP contribution in [0.3, 0.4) is 0 Å². The molecule has 6 rings (SSSR count). The third-order valence-electron chi connectivity index (χ3n) is 6.91. The van der Waals surface area contributed by atoms with Crippen molar-refractivity contribution in [3.05, 3.63) is 95.1 Å². The van der Waals surface area contributed by atoms with Crippen LogP contribution in [-0.4, -0.2) is 11.6 Å². The van der Waals surface area contributed by atoms with Crippen molar-refractivity contribution in [2.24, 2.45) is 11.3 Å². The third kappa shape index (κ3) is 1.22. The van der Waals surface area contributed by atoms with Crippen molar-refractivity contribution in [1.29, 1.82) is 0 Å². The highest BCUT2D eigenvalue weighted by atomic mass is 16.1. The fourth-order valence-electron chi connectivity index (χ4n) is 5.86. The molecule has 2 atom stereocenters. The topological polar surface area (TPSA) is 34.1 Å². The van der Waals surface area contributed by atoms with Gasteiger partial charge in [-0.15, -0.1) is 0 Å². The lowest BCUT2D eigenvalue weighted by atomic mass is 9.79. The zero-order valence-corrected chi connectivity index (χ0v) is 14.3. The molecule has 3 aliphatic rings. The Morgan fingerprint density at radius 1 is 0.654 bits per heavy atom. The summed E-state index contributed by atoms with van der Waals surface area (Å²) in [5.41, 5.74) is 4.49. The summed E-state index contributed by atoms with van der Waals surface area (Å²) in [7, 11) is 0. The maximum Gasteiger partial charge on any atom is 0.171 e. The second kappa shape index (κ2) is 4.21. The summed E-state index contributed by atoms with van der Waals surface area (Å²) in [5, 5.41) is 0. The Morgan fingerprint density at radius 3 is 1.69 bits per heavy atom. The molecule has 0 heterocycles. The molecule has 0 aromatic heterocycles. The Labute approximate surface area is 151 Å². The zero-order valence-electron chi connectivity index (χ0n) is 14.3. The molecule has 2 unspecified atom stereocenters. The molecule has 2 nitrogen and oxygen atoms in total. The largest absolute Gasteiger partial charge is 0.294 e. The first-order valence-corrected chi connectivity index (χ1v) is 9.01. The van der Waals surface area contributed by atoms with Gasteiger partial charge in [0, 0.05) is 16.5 Å². The summed E-state index contributed by atoms with van der Waals surface area (Å²) in [6, 6.07) is 23.8. The lowest BCUT2D eigenvalue weighted by Crippen LogP contribution is -2.28. The molecule has 0 amide bonds. The smallest absolute Gasteiger partial charge is 0.171 e. The maximum atomic E-state index is 13.6. The molecule has 3 aromatic rings. The summed E-state index contributed by atoms with van der Waals surface area (Å²) in [5.74, 6) is -0.111. The highest BCUT2D eigenvalue weighted by Crippen LogP contribution is 2.79. The lowest BCUT2D eigenvalue weighted by molar-refractivity contribution is 0.0822. The van der Waals surface area contributed by atoms with Crippen LogP contribution in [0.1, 0.15) is 38.8 Å². The standard InChI is InChI=1S/C24H16O2/c1-23-21(20(25)16-10-2-3-11-17(16)22(23)26)24(23)18-12-6-4-8-14(18)15-9-5-7-13-19(15)24/h2-13,21H,1H3. The number of hydrogen-bond donors (Lipinski definition) is 0. The Bertz CT molecular complexity index is 1110. The number of rotatable bonds is 0. The van der Waals surface area contributed by atoms with Gasteiger partial charge in [-0.2, -0.15) is 0 Å². The number of hydrogen-bond acceptors (Lipinski definition) is 2. The predicted octanol–water partition coefficient (Wildman–Crippen LogP) is 4.67. The maximum absolute atomic E-state index is 13.6. The first kappa shape index (κ1) is 14.2. The second-order valence-electron chi connectivity index (χ2n) is 7.77. The van der Waals surface area contributed by atoms with E-state index in [4.69, 9.17) is 0 Å². The quantitative estimate of drug-likeness (QED) is 0.598. The molecule has 0 radical (unpaired) electrons. The highest BCUT2D eigenvalue weighted by molar-refractivity contribution is 6.24. The molecule has 1 spiro atoms. The molecule has 0 bridgehead atoms. The minimum absolute atomic E-state index is 0.101. The zero-order chi connectivity index (χ0) is 17.7. The van der Waals surface area contributed by atoms with Gasteiger partial charge in [0.2, 0.25) is 0 Å². The number of ketones is 2. The van der Waals surface area contributed by atoms with Crippen molar-refractivity contribution in [3.63, 3.8) is 0 Å². The summed E-state index contributed by atoms with van der Waals surface area (Å²) in [6.45, 7) is 1.99. The van der Waals surface area contributed by atoms with Gasteiger partial charge >= 0.3 is 0 Å². The minimum Gasteiger partial charge on any atom is -0.294 e. The van der Waals surface area contributed by atoms with Crippen LogP contribution in [0, 0.1) is 11.3 Å². The fourth-order valence-corrected chi connectivity index (χ4v) is 5.86. The molecular weight excluding hydrogens is 320 g/mol. The summed E-state index contributed by atoms with van der Waals surface area (Å²) < 4.78 is 0. The molecule has 3 aromatic carbocycles. The number of carbonyl (C=O) groups excluding carboxylic acids is 2. The van der Waals surface area contributed by atoms with E-state index in [1.807, 2.05) is 43.3 Å². The Hall–Kier alpha value is -3.00. The number of carbonyl (C=O) groups is 2. The Kier molecular flexibility index (Phi) is 2.30. The van der Waals surface area contributed by atoms with Crippen LogP contribution in [-0.2, 0) is 5.41 Å². The highest BCUT2D eigenvalue weighted by Gasteiger charge is 2.84. The van der Waals surface area contributed by atoms with E-state index in [9.17, 15) is 9.59 Å². The van der Waals surface area contributed by atoms with Crippen LogP contribution >= 0.6 is 0 Å². The molecule has 1 fully saturated rings. The SMILES string of the molecule is CC12C(=O)c3ccccc3C(=O)C1C21c2ccccc2-c2ccccc21. The van der Waals surface area contributed by atoms with Crippen LogP contribution in [0.4, 0.5) is 0 Å². The van der Waals surface area contributed by atoms with Crippen molar-refractivity contribution in [1.82, 2.24) is 0 Å². The van der Waals surface area contributed by atoms with E-state index in [1.54, 1.807) is 12.1 Å². The number of fused-ring (bicyclic) bond motifs is 9.